The summed E-state index contributed by atoms with van der Waals surface area (Å²) in [4.78, 5) is 5.64. The summed E-state index contributed by atoms with van der Waals surface area (Å²) >= 11 is 1.70. The Hall–Kier alpha value is -3.78. The van der Waals surface area contributed by atoms with Crippen LogP contribution in [0.1, 0.15) is 35.1 Å². The van der Waals surface area contributed by atoms with E-state index in [4.69, 9.17) is 14.2 Å². The second-order valence-corrected chi connectivity index (χ2v) is 8.72. The molecule has 166 valence electrons. The maximum atomic E-state index is 6.66. The van der Waals surface area contributed by atoms with Gasteiger partial charge in [0.15, 0.2) is 11.5 Å². The van der Waals surface area contributed by atoms with Crippen LogP contribution < -0.4 is 19.5 Å². The number of nitrogens with one attached hydrogen (secondary N) is 1. The molecule has 4 aromatic rings. The highest BCUT2D eigenvalue weighted by Gasteiger charge is 2.41. The number of hydrogen-bond donors (Lipinski definition) is 1. The quantitative estimate of drug-likeness (QED) is 0.437. The van der Waals surface area contributed by atoms with Crippen molar-refractivity contribution in [3.05, 3.63) is 87.9 Å². The number of fused-ring (bicyclic) bond motifs is 3. The summed E-state index contributed by atoms with van der Waals surface area (Å²) in [6.45, 7) is 2.53. The first-order valence-electron chi connectivity index (χ1n) is 10.8. The van der Waals surface area contributed by atoms with Crippen molar-refractivity contribution in [3.8, 4) is 17.2 Å². The predicted molar refractivity (Wildman–Crippen MR) is 127 cm³/mol. The second-order valence-electron chi connectivity index (χ2n) is 7.74. The number of aromatic nitrogens is 3. The van der Waals surface area contributed by atoms with Gasteiger partial charge in [0.05, 0.1) is 19.4 Å². The lowest BCUT2D eigenvalue weighted by Crippen LogP contribution is -2.32. The zero-order chi connectivity index (χ0) is 22.4. The highest BCUT2D eigenvalue weighted by molar-refractivity contribution is 7.10. The van der Waals surface area contributed by atoms with E-state index < -0.39 is 0 Å². The molecule has 8 heteroatoms. The average molecular weight is 459 g/mol. The van der Waals surface area contributed by atoms with Gasteiger partial charge in [0.25, 0.3) is 0 Å². The fourth-order valence-corrected chi connectivity index (χ4v) is 5.36. The number of benzene rings is 2. The molecule has 7 nitrogen and oxygen atoms in total. The number of anilines is 1. The zero-order valence-electron chi connectivity index (χ0n) is 18.2. The summed E-state index contributed by atoms with van der Waals surface area (Å²) in [5, 5.41) is 10.2. The Morgan fingerprint density at radius 2 is 2.03 bits per heavy atom. The van der Waals surface area contributed by atoms with E-state index in [0.29, 0.717) is 24.1 Å². The van der Waals surface area contributed by atoms with Crippen molar-refractivity contribution in [2.24, 2.45) is 0 Å². The minimum absolute atomic E-state index is 0.144. The van der Waals surface area contributed by atoms with E-state index in [2.05, 4.69) is 39.0 Å². The maximum absolute atomic E-state index is 6.66. The SMILES string of the molecule is CCOc1ccc([C@@H]2Oc3ccccc3C3=C2[C@H](c2cccs2)n2ncnc2N3)cc1OC. The minimum Gasteiger partial charge on any atom is -0.493 e. The van der Waals surface area contributed by atoms with Crippen LogP contribution in [0.15, 0.2) is 71.9 Å². The van der Waals surface area contributed by atoms with Crippen LogP contribution in [-0.2, 0) is 0 Å². The summed E-state index contributed by atoms with van der Waals surface area (Å²) in [7, 11) is 1.65. The zero-order valence-corrected chi connectivity index (χ0v) is 19.0. The Bertz CT molecular complexity index is 1350. The van der Waals surface area contributed by atoms with Crippen molar-refractivity contribution in [1.82, 2.24) is 14.8 Å². The summed E-state index contributed by atoms with van der Waals surface area (Å²) in [6, 6.07) is 18.1. The topological polar surface area (TPSA) is 70.4 Å². The van der Waals surface area contributed by atoms with Gasteiger partial charge in [-0.15, -0.1) is 11.3 Å². The number of rotatable bonds is 5. The molecule has 0 amide bonds. The molecular formula is C25H22N4O3S. The van der Waals surface area contributed by atoms with Crippen molar-refractivity contribution in [2.45, 2.75) is 19.1 Å². The number of ether oxygens (including phenoxy) is 3. The lowest BCUT2D eigenvalue weighted by Gasteiger charge is -2.38. The number of nitrogens with zero attached hydrogens (tertiary/aromatic N) is 3. The van der Waals surface area contributed by atoms with Gasteiger partial charge in [-0.1, -0.05) is 24.3 Å². The van der Waals surface area contributed by atoms with E-state index >= 15 is 0 Å². The van der Waals surface area contributed by atoms with Crippen molar-refractivity contribution in [1.29, 1.82) is 0 Å². The fraction of sp³-hybridized carbons (Fsp3) is 0.200. The Balaban J connectivity index is 1.57. The van der Waals surface area contributed by atoms with E-state index in [1.165, 1.54) is 4.88 Å². The molecule has 2 atom stereocenters. The Morgan fingerprint density at radius 1 is 1.12 bits per heavy atom. The molecule has 0 saturated heterocycles. The molecule has 2 aliphatic heterocycles. The van der Waals surface area contributed by atoms with E-state index in [1.807, 2.05) is 48.0 Å². The van der Waals surface area contributed by atoms with E-state index in [1.54, 1.807) is 24.8 Å². The molecule has 2 aromatic carbocycles. The fourth-order valence-electron chi connectivity index (χ4n) is 4.53. The highest BCUT2D eigenvalue weighted by atomic mass is 32.1. The van der Waals surface area contributed by atoms with Gasteiger partial charge in [0.2, 0.25) is 5.95 Å². The first kappa shape index (κ1) is 19.9. The van der Waals surface area contributed by atoms with Crippen LogP contribution in [0.25, 0.3) is 5.70 Å². The predicted octanol–water partition coefficient (Wildman–Crippen LogP) is 5.31. The summed E-state index contributed by atoms with van der Waals surface area (Å²) in [6.07, 6.45) is 1.24. The first-order chi connectivity index (χ1) is 16.3. The van der Waals surface area contributed by atoms with Crippen LogP contribution >= 0.6 is 11.3 Å². The third-order valence-corrected chi connectivity index (χ3v) is 6.85. The molecule has 6 rings (SSSR count). The summed E-state index contributed by atoms with van der Waals surface area (Å²) < 4.78 is 20.0. The van der Waals surface area contributed by atoms with Crippen LogP contribution in [0.5, 0.6) is 17.2 Å². The van der Waals surface area contributed by atoms with Crippen molar-refractivity contribution in [3.63, 3.8) is 0 Å². The highest BCUT2D eigenvalue weighted by Crippen LogP contribution is 2.51. The molecule has 0 bridgehead atoms. The molecule has 0 radical (unpaired) electrons. The van der Waals surface area contributed by atoms with Gasteiger partial charge in [-0.2, -0.15) is 10.1 Å². The van der Waals surface area contributed by atoms with E-state index in [0.717, 1.165) is 28.1 Å². The van der Waals surface area contributed by atoms with Gasteiger partial charge in [-0.3, -0.25) is 0 Å². The Kier molecular flexibility index (Phi) is 4.80. The van der Waals surface area contributed by atoms with Crippen LogP contribution in [0.4, 0.5) is 5.95 Å². The largest absolute Gasteiger partial charge is 0.493 e. The third-order valence-electron chi connectivity index (χ3n) is 5.92. The van der Waals surface area contributed by atoms with Crippen LogP contribution in [0.2, 0.25) is 0 Å². The monoisotopic (exact) mass is 458 g/mol. The Labute approximate surface area is 195 Å². The molecular weight excluding hydrogens is 436 g/mol. The van der Waals surface area contributed by atoms with Gasteiger partial charge in [0.1, 0.15) is 24.2 Å². The number of thiophene rings is 1. The molecule has 0 fully saturated rings. The molecule has 0 unspecified atom stereocenters. The lowest BCUT2D eigenvalue weighted by molar-refractivity contribution is 0.222. The van der Waals surface area contributed by atoms with Gasteiger partial charge in [-0.25, -0.2) is 4.68 Å². The van der Waals surface area contributed by atoms with Gasteiger partial charge < -0.3 is 19.5 Å². The molecule has 0 saturated carbocycles. The molecule has 33 heavy (non-hydrogen) atoms. The smallest absolute Gasteiger partial charge is 0.226 e. The van der Waals surface area contributed by atoms with Crippen molar-refractivity contribution < 1.29 is 14.2 Å². The first-order valence-corrected chi connectivity index (χ1v) is 11.7. The summed E-state index contributed by atoms with van der Waals surface area (Å²) in [5.74, 6) is 2.92. The van der Waals surface area contributed by atoms with E-state index in [-0.39, 0.29) is 12.1 Å². The van der Waals surface area contributed by atoms with Crippen molar-refractivity contribution in [2.75, 3.05) is 19.0 Å². The van der Waals surface area contributed by atoms with Crippen LogP contribution in [0.3, 0.4) is 0 Å². The lowest BCUT2D eigenvalue weighted by atomic mass is 9.87. The van der Waals surface area contributed by atoms with Crippen LogP contribution in [0, 0.1) is 0 Å². The molecule has 4 heterocycles. The van der Waals surface area contributed by atoms with Crippen LogP contribution in [-0.4, -0.2) is 28.5 Å². The molecule has 1 N–H and O–H groups in total. The van der Waals surface area contributed by atoms with Gasteiger partial charge >= 0.3 is 0 Å². The molecule has 0 spiro atoms. The second kappa shape index (κ2) is 7.97. The number of hydrogen-bond acceptors (Lipinski definition) is 7. The van der Waals surface area contributed by atoms with Gasteiger partial charge in [0, 0.05) is 21.6 Å². The Morgan fingerprint density at radius 3 is 2.85 bits per heavy atom. The molecule has 2 aromatic heterocycles. The number of para-hydroxylation sites is 1. The average Bonchev–Trinajstić information content (AvgIpc) is 3.55. The maximum Gasteiger partial charge on any atom is 0.226 e. The van der Waals surface area contributed by atoms with Crippen molar-refractivity contribution >= 4 is 23.0 Å². The number of methoxy groups -OCH3 is 1. The van der Waals surface area contributed by atoms with E-state index in [9.17, 15) is 0 Å². The summed E-state index contributed by atoms with van der Waals surface area (Å²) in [5.41, 5.74) is 4.08. The standard InChI is InChI=1S/C25H22N4O3S/c1-3-31-18-11-10-15(13-19(18)30-2)24-21-22(16-7-4-5-8-17(16)32-24)28-25-26-14-27-29(25)23(21)20-9-6-12-33-20/h4-14,23-24H,3H2,1-2H3,(H,26,27,28)/t23-,24-/m0/s1. The molecule has 2 aliphatic rings. The molecule has 0 aliphatic carbocycles. The normalized spacial score (nSPS) is 18.5. The minimum atomic E-state index is -0.351. The van der Waals surface area contributed by atoms with Gasteiger partial charge in [-0.05, 0) is 42.6 Å². The third kappa shape index (κ3) is 3.17.